The molecule has 94 valence electrons. The number of aryl methyl sites for hydroxylation is 1. The van der Waals surface area contributed by atoms with Crippen LogP contribution in [0.3, 0.4) is 0 Å². The Labute approximate surface area is 107 Å². The number of amides is 1. The first-order valence-electron chi connectivity index (χ1n) is 6.02. The molecular formula is C15H17NO2. The first-order chi connectivity index (χ1) is 8.50. The first kappa shape index (κ1) is 12.6. The Balaban J connectivity index is 2.17. The average Bonchev–Trinajstić information content (AvgIpc) is 3.04. The van der Waals surface area contributed by atoms with Gasteiger partial charge in [0, 0.05) is 5.69 Å². The number of Topliss-reactive ketones (excluding diaryl/α,β-unsaturated/α-hetero) is 1. The molecule has 0 aromatic heterocycles. The van der Waals surface area contributed by atoms with E-state index in [9.17, 15) is 9.59 Å². The van der Waals surface area contributed by atoms with Crippen LogP contribution in [0, 0.1) is 18.3 Å². The molecule has 0 aliphatic heterocycles. The molecule has 1 N–H and O–H groups in total. The van der Waals surface area contributed by atoms with Crippen LogP contribution in [0.25, 0.3) is 0 Å². The molecule has 2 atom stereocenters. The van der Waals surface area contributed by atoms with Gasteiger partial charge in [-0.2, -0.15) is 0 Å². The van der Waals surface area contributed by atoms with E-state index in [1.807, 2.05) is 31.2 Å². The van der Waals surface area contributed by atoms with Crippen LogP contribution in [0.1, 0.15) is 18.9 Å². The molecule has 18 heavy (non-hydrogen) atoms. The molecule has 1 saturated carbocycles. The molecule has 3 nitrogen and oxygen atoms in total. The van der Waals surface area contributed by atoms with E-state index in [1.165, 1.54) is 6.92 Å². The molecule has 1 fully saturated rings. The van der Waals surface area contributed by atoms with Crippen molar-refractivity contribution in [3.63, 3.8) is 0 Å². The minimum Gasteiger partial charge on any atom is -0.325 e. The second kappa shape index (κ2) is 4.41. The Morgan fingerprint density at radius 2 is 2.22 bits per heavy atom. The lowest BCUT2D eigenvalue weighted by Gasteiger charge is -2.13. The molecule has 1 aliphatic rings. The summed E-state index contributed by atoms with van der Waals surface area (Å²) in [6.07, 6.45) is 2.26. The van der Waals surface area contributed by atoms with Gasteiger partial charge in [-0.25, -0.2) is 0 Å². The van der Waals surface area contributed by atoms with Crippen LogP contribution >= 0.6 is 0 Å². The maximum Gasteiger partial charge on any atom is 0.238 e. The van der Waals surface area contributed by atoms with Crippen LogP contribution in [0.5, 0.6) is 0 Å². The van der Waals surface area contributed by atoms with Crippen molar-refractivity contribution in [3.8, 4) is 0 Å². The van der Waals surface area contributed by atoms with E-state index in [0.29, 0.717) is 6.42 Å². The maximum atomic E-state index is 12.2. The molecule has 1 aromatic rings. The lowest BCUT2D eigenvalue weighted by molar-refractivity contribution is -0.132. The number of benzene rings is 1. The van der Waals surface area contributed by atoms with Gasteiger partial charge in [0.15, 0.2) is 0 Å². The summed E-state index contributed by atoms with van der Waals surface area (Å²) in [5.74, 6) is -0.331. The minimum absolute atomic E-state index is 0.0280. The van der Waals surface area contributed by atoms with E-state index in [1.54, 1.807) is 6.08 Å². The maximum absolute atomic E-state index is 12.2. The molecule has 0 heterocycles. The van der Waals surface area contributed by atoms with Crippen molar-refractivity contribution < 1.29 is 9.59 Å². The summed E-state index contributed by atoms with van der Waals surface area (Å²) in [6.45, 7) is 7.10. The third-order valence-electron chi connectivity index (χ3n) is 3.61. The van der Waals surface area contributed by atoms with Gasteiger partial charge in [0.1, 0.15) is 11.2 Å². The Hall–Kier alpha value is -1.90. The number of ketones is 1. The third-order valence-corrected chi connectivity index (χ3v) is 3.61. The third kappa shape index (κ3) is 1.96. The van der Waals surface area contributed by atoms with Gasteiger partial charge >= 0.3 is 0 Å². The predicted molar refractivity (Wildman–Crippen MR) is 71.2 cm³/mol. The highest BCUT2D eigenvalue weighted by Crippen LogP contribution is 2.54. The van der Waals surface area contributed by atoms with Gasteiger partial charge < -0.3 is 5.32 Å². The smallest absolute Gasteiger partial charge is 0.238 e. The largest absolute Gasteiger partial charge is 0.325 e. The van der Waals surface area contributed by atoms with E-state index < -0.39 is 5.41 Å². The van der Waals surface area contributed by atoms with Crippen molar-refractivity contribution in [2.45, 2.75) is 20.3 Å². The number of carbonyl (C=O) groups excluding carboxylic acids is 2. The molecule has 0 spiro atoms. The van der Waals surface area contributed by atoms with Crippen molar-refractivity contribution in [1.82, 2.24) is 0 Å². The zero-order chi connectivity index (χ0) is 13.3. The van der Waals surface area contributed by atoms with E-state index >= 15 is 0 Å². The molecule has 1 aliphatic carbocycles. The molecule has 0 radical (unpaired) electrons. The quantitative estimate of drug-likeness (QED) is 0.653. The molecular weight excluding hydrogens is 226 g/mol. The second-order valence-corrected chi connectivity index (χ2v) is 4.90. The highest BCUT2D eigenvalue weighted by atomic mass is 16.2. The van der Waals surface area contributed by atoms with Gasteiger partial charge in [0.25, 0.3) is 0 Å². The SMILES string of the molecule is C=CC1CC1(C(C)=O)C(=O)Nc1cccc(C)c1. The summed E-state index contributed by atoms with van der Waals surface area (Å²) in [6, 6.07) is 7.55. The Bertz CT molecular complexity index is 521. The van der Waals surface area contributed by atoms with Crippen LogP contribution in [-0.2, 0) is 9.59 Å². The second-order valence-electron chi connectivity index (χ2n) is 4.90. The fourth-order valence-electron chi connectivity index (χ4n) is 2.36. The van der Waals surface area contributed by atoms with Crippen LogP contribution < -0.4 is 5.32 Å². The van der Waals surface area contributed by atoms with E-state index in [0.717, 1.165) is 11.3 Å². The highest BCUT2D eigenvalue weighted by Gasteiger charge is 2.62. The summed E-state index contributed by atoms with van der Waals surface area (Å²) in [5, 5.41) is 2.82. The van der Waals surface area contributed by atoms with Crippen molar-refractivity contribution in [1.29, 1.82) is 0 Å². The van der Waals surface area contributed by atoms with Gasteiger partial charge in [-0.1, -0.05) is 18.2 Å². The standard InChI is InChI=1S/C15H17NO2/c1-4-12-9-15(12,11(3)17)14(18)16-13-7-5-6-10(2)8-13/h4-8,12H,1,9H2,2-3H3,(H,16,18). The fourth-order valence-corrected chi connectivity index (χ4v) is 2.36. The van der Waals surface area contributed by atoms with Crippen molar-refractivity contribution in [2.24, 2.45) is 11.3 Å². The molecule has 2 rings (SSSR count). The molecule has 3 heteroatoms. The van der Waals surface area contributed by atoms with Gasteiger partial charge in [0.05, 0.1) is 0 Å². The molecule has 1 aromatic carbocycles. The summed E-state index contributed by atoms with van der Waals surface area (Å²) in [7, 11) is 0. The van der Waals surface area contributed by atoms with Crippen LogP contribution in [-0.4, -0.2) is 11.7 Å². The summed E-state index contributed by atoms with van der Waals surface area (Å²) < 4.78 is 0. The van der Waals surface area contributed by atoms with E-state index in [2.05, 4.69) is 11.9 Å². The fraction of sp³-hybridized carbons (Fsp3) is 0.333. The van der Waals surface area contributed by atoms with Gasteiger partial charge in [-0.05, 0) is 43.9 Å². The first-order valence-corrected chi connectivity index (χ1v) is 6.02. The minimum atomic E-state index is -0.883. The van der Waals surface area contributed by atoms with Gasteiger partial charge in [-0.3, -0.25) is 9.59 Å². The van der Waals surface area contributed by atoms with Crippen molar-refractivity contribution >= 4 is 17.4 Å². The van der Waals surface area contributed by atoms with Crippen molar-refractivity contribution in [2.75, 3.05) is 5.32 Å². The number of hydrogen-bond donors (Lipinski definition) is 1. The van der Waals surface area contributed by atoms with Crippen LogP contribution in [0.4, 0.5) is 5.69 Å². The molecule has 2 unspecified atom stereocenters. The van der Waals surface area contributed by atoms with E-state index in [-0.39, 0.29) is 17.6 Å². The highest BCUT2D eigenvalue weighted by molar-refractivity contribution is 6.13. The van der Waals surface area contributed by atoms with Crippen LogP contribution in [0.15, 0.2) is 36.9 Å². The predicted octanol–water partition coefficient (Wildman–Crippen LogP) is 2.71. The summed E-state index contributed by atoms with van der Waals surface area (Å²) in [5.41, 5.74) is 0.918. The molecule has 0 saturated heterocycles. The number of anilines is 1. The lowest BCUT2D eigenvalue weighted by Crippen LogP contribution is -2.31. The summed E-state index contributed by atoms with van der Waals surface area (Å²) >= 11 is 0. The number of nitrogens with one attached hydrogen (secondary N) is 1. The Morgan fingerprint density at radius 1 is 1.50 bits per heavy atom. The number of carbonyl (C=O) groups is 2. The monoisotopic (exact) mass is 243 g/mol. The van der Waals surface area contributed by atoms with E-state index in [4.69, 9.17) is 0 Å². The van der Waals surface area contributed by atoms with Crippen molar-refractivity contribution in [3.05, 3.63) is 42.5 Å². The molecule has 1 amide bonds. The zero-order valence-corrected chi connectivity index (χ0v) is 10.7. The number of allylic oxidation sites excluding steroid dienone is 1. The summed E-state index contributed by atoms with van der Waals surface area (Å²) in [4.78, 5) is 23.9. The zero-order valence-electron chi connectivity index (χ0n) is 10.7. The Morgan fingerprint density at radius 3 is 2.72 bits per heavy atom. The molecule has 0 bridgehead atoms. The van der Waals surface area contributed by atoms with Gasteiger partial charge in [-0.15, -0.1) is 6.58 Å². The van der Waals surface area contributed by atoms with Crippen LogP contribution in [0.2, 0.25) is 0 Å². The average molecular weight is 243 g/mol. The lowest BCUT2D eigenvalue weighted by atomic mass is 9.97. The number of rotatable bonds is 4. The van der Waals surface area contributed by atoms with Gasteiger partial charge in [0.2, 0.25) is 5.91 Å². The Kier molecular flexibility index (Phi) is 3.07. The topological polar surface area (TPSA) is 46.2 Å². The number of hydrogen-bond acceptors (Lipinski definition) is 2. The normalized spacial score (nSPS) is 25.3.